The fraction of sp³-hybridized carbons (Fsp3) is 0.370. The van der Waals surface area contributed by atoms with E-state index in [1.54, 1.807) is 29.2 Å². The third-order valence-corrected chi connectivity index (χ3v) is 6.00. The van der Waals surface area contributed by atoms with Gasteiger partial charge < -0.3 is 14.5 Å². The normalized spacial score (nSPS) is 11.1. The largest absolute Gasteiger partial charge is 0.469 e. The van der Waals surface area contributed by atoms with Crippen molar-refractivity contribution in [1.82, 2.24) is 19.6 Å². The molecule has 0 fully saturated rings. The third-order valence-electron chi connectivity index (χ3n) is 6.00. The number of aromatic nitrogens is 2. The summed E-state index contributed by atoms with van der Waals surface area (Å²) >= 11 is 0. The molecule has 0 radical (unpaired) electrons. The van der Waals surface area contributed by atoms with E-state index >= 15 is 0 Å². The van der Waals surface area contributed by atoms with Crippen molar-refractivity contribution in [2.75, 3.05) is 34.3 Å². The predicted octanol–water partition coefficient (Wildman–Crippen LogP) is 3.94. The SMILES string of the molecule is COC(=O)CCc1c(C)nn(-c2ccc(C(=O)N(CCN(C)C)Cc3ccc(F)cc3)cc2)c1C. The minimum atomic E-state index is -0.298. The number of carbonyl (C=O) groups is 2. The number of benzene rings is 2. The third kappa shape index (κ3) is 6.76. The number of hydrogen-bond donors (Lipinski definition) is 0. The Morgan fingerprint density at radius 3 is 2.26 bits per heavy atom. The second-order valence-electron chi connectivity index (χ2n) is 8.84. The van der Waals surface area contributed by atoms with Gasteiger partial charge in [0.1, 0.15) is 5.82 Å². The van der Waals surface area contributed by atoms with Crippen LogP contribution in [-0.4, -0.2) is 65.8 Å². The van der Waals surface area contributed by atoms with Crippen LogP contribution in [0.2, 0.25) is 0 Å². The van der Waals surface area contributed by atoms with Gasteiger partial charge >= 0.3 is 5.97 Å². The lowest BCUT2D eigenvalue weighted by molar-refractivity contribution is -0.140. The summed E-state index contributed by atoms with van der Waals surface area (Å²) < 4.78 is 19.9. The molecule has 1 heterocycles. The molecule has 0 N–H and O–H groups in total. The Kier molecular flexibility index (Phi) is 8.76. The Labute approximate surface area is 206 Å². The van der Waals surface area contributed by atoms with Crippen molar-refractivity contribution in [3.8, 4) is 5.69 Å². The lowest BCUT2D eigenvalue weighted by atomic mass is 10.1. The van der Waals surface area contributed by atoms with Crippen molar-refractivity contribution in [3.63, 3.8) is 0 Å². The summed E-state index contributed by atoms with van der Waals surface area (Å²) in [4.78, 5) is 28.7. The quantitative estimate of drug-likeness (QED) is 0.411. The van der Waals surface area contributed by atoms with Crippen molar-refractivity contribution >= 4 is 11.9 Å². The summed E-state index contributed by atoms with van der Waals surface area (Å²) in [6.07, 6.45) is 0.860. The second kappa shape index (κ2) is 11.8. The van der Waals surface area contributed by atoms with Gasteiger partial charge in [0.15, 0.2) is 0 Å². The van der Waals surface area contributed by atoms with Gasteiger partial charge in [-0.3, -0.25) is 9.59 Å². The van der Waals surface area contributed by atoms with E-state index in [1.807, 2.05) is 49.7 Å². The van der Waals surface area contributed by atoms with Gasteiger partial charge in [-0.1, -0.05) is 12.1 Å². The molecule has 0 unspecified atom stereocenters. The Morgan fingerprint density at radius 1 is 1.00 bits per heavy atom. The van der Waals surface area contributed by atoms with Crippen molar-refractivity contribution in [1.29, 1.82) is 0 Å². The number of esters is 1. The lowest BCUT2D eigenvalue weighted by Crippen LogP contribution is -2.36. The molecule has 3 aromatic rings. The molecule has 2 aromatic carbocycles. The van der Waals surface area contributed by atoms with E-state index in [-0.39, 0.29) is 17.7 Å². The molecule has 0 spiro atoms. The summed E-state index contributed by atoms with van der Waals surface area (Å²) in [5.74, 6) is -0.637. The molecule has 0 aliphatic carbocycles. The van der Waals surface area contributed by atoms with Gasteiger partial charge in [0.25, 0.3) is 5.91 Å². The topological polar surface area (TPSA) is 67.7 Å². The van der Waals surface area contributed by atoms with Crippen LogP contribution in [0.4, 0.5) is 4.39 Å². The average molecular weight is 481 g/mol. The zero-order valence-electron chi connectivity index (χ0n) is 21.0. The molecule has 0 saturated carbocycles. The maximum absolute atomic E-state index is 13.3. The lowest BCUT2D eigenvalue weighted by Gasteiger charge is -2.25. The van der Waals surface area contributed by atoms with Crippen LogP contribution >= 0.6 is 0 Å². The molecule has 0 atom stereocenters. The Morgan fingerprint density at radius 2 is 1.66 bits per heavy atom. The summed E-state index contributed by atoms with van der Waals surface area (Å²) in [5.41, 5.74) is 5.11. The number of rotatable bonds is 10. The second-order valence-corrected chi connectivity index (χ2v) is 8.84. The first-order chi connectivity index (χ1) is 16.7. The van der Waals surface area contributed by atoms with Crippen LogP contribution in [-0.2, 0) is 22.5 Å². The van der Waals surface area contributed by atoms with Crippen molar-refractivity contribution in [2.45, 2.75) is 33.2 Å². The number of amides is 1. The van der Waals surface area contributed by atoms with Gasteiger partial charge in [-0.15, -0.1) is 0 Å². The van der Waals surface area contributed by atoms with E-state index < -0.39 is 0 Å². The van der Waals surface area contributed by atoms with Gasteiger partial charge in [0.05, 0.1) is 18.5 Å². The predicted molar refractivity (Wildman–Crippen MR) is 133 cm³/mol. The summed E-state index contributed by atoms with van der Waals surface area (Å²) in [6.45, 7) is 5.55. The van der Waals surface area contributed by atoms with Crippen molar-refractivity contribution < 1.29 is 18.7 Å². The van der Waals surface area contributed by atoms with Crippen molar-refractivity contribution in [3.05, 3.63) is 82.4 Å². The molecule has 7 nitrogen and oxygen atoms in total. The monoisotopic (exact) mass is 480 g/mol. The minimum absolute atomic E-state index is 0.0881. The van der Waals surface area contributed by atoms with Crippen LogP contribution in [0.1, 0.15) is 39.3 Å². The van der Waals surface area contributed by atoms with E-state index in [1.165, 1.54) is 19.2 Å². The highest BCUT2D eigenvalue weighted by Crippen LogP contribution is 2.21. The Hall–Kier alpha value is -3.52. The first-order valence-electron chi connectivity index (χ1n) is 11.6. The summed E-state index contributed by atoms with van der Waals surface area (Å²) in [6, 6.07) is 13.6. The Bertz CT molecular complexity index is 1150. The van der Waals surface area contributed by atoms with E-state index in [0.29, 0.717) is 38.0 Å². The molecule has 186 valence electrons. The average Bonchev–Trinajstić information content (AvgIpc) is 3.13. The molecule has 35 heavy (non-hydrogen) atoms. The fourth-order valence-corrected chi connectivity index (χ4v) is 3.93. The zero-order chi connectivity index (χ0) is 25.5. The zero-order valence-corrected chi connectivity index (χ0v) is 21.0. The van der Waals surface area contributed by atoms with Crippen LogP contribution in [0.25, 0.3) is 5.69 Å². The maximum atomic E-state index is 13.3. The van der Waals surface area contributed by atoms with Crippen LogP contribution < -0.4 is 0 Å². The highest BCUT2D eigenvalue weighted by molar-refractivity contribution is 5.94. The smallest absolute Gasteiger partial charge is 0.305 e. The molecule has 1 aromatic heterocycles. The Balaban J connectivity index is 1.79. The summed E-state index contributed by atoms with van der Waals surface area (Å²) in [5, 5.41) is 4.64. The number of halogens is 1. The van der Waals surface area contributed by atoms with E-state index in [2.05, 4.69) is 5.10 Å². The first kappa shape index (κ1) is 26.1. The molecule has 1 amide bonds. The molecule has 0 saturated heterocycles. The number of carbonyl (C=O) groups excluding carboxylic acids is 2. The molecular formula is C27H33FN4O3. The number of methoxy groups -OCH3 is 1. The fourth-order valence-electron chi connectivity index (χ4n) is 3.93. The van der Waals surface area contributed by atoms with Crippen LogP contribution in [0.15, 0.2) is 48.5 Å². The van der Waals surface area contributed by atoms with Crippen LogP contribution in [0.3, 0.4) is 0 Å². The highest BCUT2D eigenvalue weighted by atomic mass is 19.1. The molecule has 8 heteroatoms. The van der Waals surface area contributed by atoms with Crippen LogP contribution in [0.5, 0.6) is 0 Å². The van der Waals surface area contributed by atoms with E-state index in [9.17, 15) is 14.0 Å². The van der Waals surface area contributed by atoms with Crippen LogP contribution in [0, 0.1) is 19.7 Å². The van der Waals surface area contributed by atoms with Gasteiger partial charge in [-0.25, -0.2) is 9.07 Å². The van der Waals surface area contributed by atoms with Gasteiger partial charge in [0.2, 0.25) is 0 Å². The molecule has 3 rings (SSSR count). The van der Waals surface area contributed by atoms with Gasteiger partial charge in [0, 0.05) is 37.3 Å². The van der Waals surface area contributed by atoms with E-state index in [0.717, 1.165) is 28.2 Å². The maximum Gasteiger partial charge on any atom is 0.305 e. The first-order valence-corrected chi connectivity index (χ1v) is 11.6. The number of nitrogens with zero attached hydrogens (tertiary/aromatic N) is 4. The number of likely N-dealkylation sites (N-methyl/N-ethyl adjacent to an activating group) is 1. The molecular weight excluding hydrogens is 447 g/mol. The van der Waals surface area contributed by atoms with E-state index in [4.69, 9.17) is 4.74 Å². The molecule has 0 aliphatic heterocycles. The number of aryl methyl sites for hydroxylation is 1. The molecule has 0 bridgehead atoms. The van der Waals surface area contributed by atoms with Gasteiger partial charge in [-0.05, 0) is 81.9 Å². The standard InChI is InChI=1S/C27H33FN4O3/c1-19-25(14-15-26(33)35-5)20(2)32(29-19)24-12-8-22(9-13-24)27(34)31(17-16-30(3)4)18-21-6-10-23(28)11-7-21/h6-13H,14-18H2,1-5H3. The summed E-state index contributed by atoms with van der Waals surface area (Å²) in [7, 11) is 5.31. The van der Waals surface area contributed by atoms with Crippen molar-refractivity contribution in [2.24, 2.45) is 0 Å². The highest BCUT2D eigenvalue weighted by Gasteiger charge is 2.18. The van der Waals surface area contributed by atoms with Gasteiger partial charge in [-0.2, -0.15) is 5.10 Å². The number of ether oxygens (including phenoxy) is 1. The minimum Gasteiger partial charge on any atom is -0.469 e. The molecule has 0 aliphatic rings. The number of hydrogen-bond acceptors (Lipinski definition) is 5.